The highest BCUT2D eigenvalue weighted by molar-refractivity contribution is 7.15. The highest BCUT2D eigenvalue weighted by Crippen LogP contribution is 2.41. The van der Waals surface area contributed by atoms with Crippen LogP contribution in [0.3, 0.4) is 0 Å². The van der Waals surface area contributed by atoms with Crippen molar-refractivity contribution in [2.24, 2.45) is 5.16 Å². The number of aliphatic hydroxyl groups excluding tert-OH is 1. The summed E-state index contributed by atoms with van der Waals surface area (Å²) in [5.41, 5.74) is 2.53. The number of piperidine rings is 1. The first kappa shape index (κ1) is 21.6. The van der Waals surface area contributed by atoms with Crippen molar-refractivity contribution in [1.29, 1.82) is 0 Å². The number of ether oxygens (including phenoxy) is 1. The number of rotatable bonds is 5. The lowest BCUT2D eigenvalue weighted by atomic mass is 9.94. The summed E-state index contributed by atoms with van der Waals surface area (Å²) < 4.78 is 19.1. The van der Waals surface area contributed by atoms with E-state index >= 15 is 0 Å². The van der Waals surface area contributed by atoms with Gasteiger partial charge in [-0.15, -0.1) is 11.3 Å². The van der Waals surface area contributed by atoms with Crippen molar-refractivity contribution in [3.63, 3.8) is 0 Å². The van der Waals surface area contributed by atoms with E-state index in [1.807, 2.05) is 30.2 Å². The minimum absolute atomic E-state index is 0.296. The summed E-state index contributed by atoms with van der Waals surface area (Å²) in [6.07, 6.45) is 5.66. The van der Waals surface area contributed by atoms with E-state index in [2.05, 4.69) is 22.3 Å². The molecule has 1 aromatic heterocycles. The largest absolute Gasteiger partial charge is 0.496 e. The number of aryl methyl sites for hydroxylation is 1. The number of nitrogens with zero attached hydrogens (tertiary/aromatic N) is 3. The van der Waals surface area contributed by atoms with Crippen molar-refractivity contribution in [2.45, 2.75) is 25.5 Å². The van der Waals surface area contributed by atoms with Crippen molar-refractivity contribution >= 4 is 23.2 Å². The van der Waals surface area contributed by atoms with Crippen LogP contribution in [0, 0.1) is 12.7 Å². The molecule has 5 rings (SSSR count). The molecule has 1 fully saturated rings. The maximum atomic E-state index is 13.5. The Kier molecular flexibility index (Phi) is 5.64. The van der Waals surface area contributed by atoms with E-state index in [-0.39, 0.29) is 12.4 Å². The van der Waals surface area contributed by atoms with Crippen molar-refractivity contribution < 1.29 is 19.1 Å². The van der Waals surface area contributed by atoms with Crippen LogP contribution in [-0.2, 0) is 10.6 Å². The molecule has 0 saturated carbocycles. The Morgan fingerprint density at radius 3 is 2.79 bits per heavy atom. The molecule has 6 nitrogen and oxygen atoms in total. The molecule has 1 unspecified atom stereocenters. The average molecular weight is 466 g/mol. The molecular formula is C25H24FN3O3S. The lowest BCUT2D eigenvalue weighted by Crippen LogP contribution is -2.51. The van der Waals surface area contributed by atoms with E-state index in [1.54, 1.807) is 30.6 Å². The molecule has 1 saturated heterocycles. The number of hydrogen-bond acceptors (Lipinski definition) is 7. The van der Waals surface area contributed by atoms with Crippen molar-refractivity contribution in [3.8, 4) is 16.2 Å². The average Bonchev–Trinajstić information content (AvgIpc) is 3.44. The third-order valence-corrected chi connectivity index (χ3v) is 7.00. The number of thiazole rings is 1. The SMILES string of the molecule is COc1cc(C=C2CCCN3C2=NOC3(CO)c2ccc(F)cc2)ccc1-c1cnc(C)s1. The third-order valence-electron chi connectivity index (χ3n) is 6.05. The third kappa shape index (κ3) is 3.79. The number of aliphatic hydroxyl groups is 1. The fourth-order valence-corrected chi connectivity index (χ4v) is 5.20. The lowest BCUT2D eigenvalue weighted by molar-refractivity contribution is -0.137. The maximum Gasteiger partial charge on any atom is 0.260 e. The highest BCUT2D eigenvalue weighted by Gasteiger charge is 2.49. The van der Waals surface area contributed by atoms with Crippen LogP contribution in [0.1, 0.15) is 29.0 Å². The topological polar surface area (TPSA) is 67.2 Å². The van der Waals surface area contributed by atoms with Gasteiger partial charge in [-0.25, -0.2) is 9.37 Å². The Balaban J connectivity index is 1.47. The molecule has 1 N–H and O–H groups in total. The summed E-state index contributed by atoms with van der Waals surface area (Å²) in [4.78, 5) is 13.2. The molecule has 2 aliphatic heterocycles. The first-order valence-corrected chi connectivity index (χ1v) is 11.6. The number of amidine groups is 1. The zero-order valence-corrected chi connectivity index (χ0v) is 19.2. The Morgan fingerprint density at radius 1 is 1.27 bits per heavy atom. The molecule has 0 radical (unpaired) electrons. The van der Waals surface area contributed by atoms with Gasteiger partial charge in [0.1, 0.15) is 18.2 Å². The summed E-state index contributed by atoms with van der Waals surface area (Å²) in [6, 6.07) is 12.1. The quantitative estimate of drug-likeness (QED) is 0.579. The monoisotopic (exact) mass is 465 g/mol. The molecule has 1 atom stereocenters. The number of aromatic nitrogens is 1. The highest BCUT2D eigenvalue weighted by atomic mass is 32.1. The summed E-state index contributed by atoms with van der Waals surface area (Å²) in [6.45, 7) is 2.37. The molecule has 33 heavy (non-hydrogen) atoms. The van der Waals surface area contributed by atoms with Crippen LogP contribution in [0.25, 0.3) is 16.5 Å². The Labute approximate surface area is 195 Å². The number of benzene rings is 2. The first-order valence-electron chi connectivity index (χ1n) is 10.8. The minimum atomic E-state index is -1.14. The number of halogens is 1. The molecule has 3 aromatic rings. The minimum Gasteiger partial charge on any atom is -0.496 e. The summed E-state index contributed by atoms with van der Waals surface area (Å²) in [7, 11) is 1.67. The Hall–Kier alpha value is -3.23. The molecule has 2 aromatic carbocycles. The van der Waals surface area contributed by atoms with E-state index < -0.39 is 5.72 Å². The van der Waals surface area contributed by atoms with E-state index in [4.69, 9.17) is 9.57 Å². The van der Waals surface area contributed by atoms with Crippen molar-refractivity contribution in [2.75, 3.05) is 20.3 Å². The fraction of sp³-hybridized carbons (Fsp3) is 0.280. The second kappa shape index (κ2) is 8.61. The van der Waals surface area contributed by atoms with E-state index in [0.717, 1.165) is 45.2 Å². The van der Waals surface area contributed by atoms with Crippen molar-refractivity contribution in [3.05, 3.63) is 76.2 Å². The van der Waals surface area contributed by atoms with Gasteiger partial charge in [-0.2, -0.15) is 0 Å². The molecule has 0 bridgehead atoms. The standard InChI is InChI=1S/C25H24FN3O3S/c1-16-27-14-23(33-16)21-10-5-17(13-22(21)31-2)12-18-4-3-11-29-24(18)28-32-25(29,15-30)19-6-8-20(26)9-7-19/h5-10,12-14,30H,3-4,11,15H2,1-2H3. The van der Waals surface area contributed by atoms with Gasteiger partial charge in [-0.3, -0.25) is 0 Å². The van der Waals surface area contributed by atoms with Crippen LogP contribution in [0.4, 0.5) is 4.39 Å². The van der Waals surface area contributed by atoms with Gasteiger partial charge in [0.15, 0.2) is 5.84 Å². The smallest absolute Gasteiger partial charge is 0.260 e. The zero-order valence-electron chi connectivity index (χ0n) is 18.4. The molecule has 0 spiro atoms. The predicted molar refractivity (Wildman–Crippen MR) is 126 cm³/mol. The Morgan fingerprint density at radius 2 is 2.09 bits per heavy atom. The number of fused-ring (bicyclic) bond motifs is 1. The number of hydrogen-bond donors (Lipinski definition) is 1. The lowest BCUT2D eigenvalue weighted by Gasteiger charge is -2.38. The molecule has 8 heteroatoms. The second-order valence-corrected chi connectivity index (χ2v) is 9.32. The molecule has 0 amide bonds. The maximum absolute atomic E-state index is 13.5. The molecule has 3 heterocycles. The van der Waals surface area contributed by atoms with Crippen LogP contribution in [0.15, 0.2) is 59.4 Å². The normalized spacial score (nSPS) is 21.0. The summed E-state index contributed by atoms with van der Waals surface area (Å²) in [5.74, 6) is 1.14. The van der Waals surface area contributed by atoms with Crippen LogP contribution in [0.5, 0.6) is 5.75 Å². The first-order chi connectivity index (χ1) is 16.0. The van der Waals surface area contributed by atoms with E-state index in [1.165, 1.54) is 12.1 Å². The van der Waals surface area contributed by atoms with Crippen molar-refractivity contribution in [1.82, 2.24) is 9.88 Å². The summed E-state index contributed by atoms with van der Waals surface area (Å²) in [5, 5.41) is 15.6. The zero-order chi connectivity index (χ0) is 23.0. The van der Waals surface area contributed by atoms with E-state index in [0.29, 0.717) is 17.9 Å². The fourth-order valence-electron chi connectivity index (χ4n) is 4.40. The number of methoxy groups -OCH3 is 1. The van der Waals surface area contributed by atoms with Gasteiger partial charge in [0.2, 0.25) is 0 Å². The predicted octanol–water partition coefficient (Wildman–Crippen LogP) is 4.93. The molecule has 170 valence electrons. The van der Waals surface area contributed by atoms with Gasteiger partial charge >= 0.3 is 0 Å². The molecule has 0 aliphatic carbocycles. The van der Waals surface area contributed by atoms with Gasteiger partial charge < -0.3 is 19.6 Å². The van der Waals surface area contributed by atoms with Gasteiger partial charge in [0.05, 0.1) is 17.0 Å². The van der Waals surface area contributed by atoms with Crippen LogP contribution in [0.2, 0.25) is 0 Å². The second-order valence-electron chi connectivity index (χ2n) is 8.08. The van der Waals surface area contributed by atoms with Gasteiger partial charge in [-0.1, -0.05) is 11.2 Å². The van der Waals surface area contributed by atoms with Gasteiger partial charge in [0.25, 0.3) is 5.72 Å². The molecule has 2 aliphatic rings. The Bertz CT molecular complexity index is 1240. The van der Waals surface area contributed by atoms with Crippen LogP contribution in [-0.4, -0.2) is 41.1 Å². The van der Waals surface area contributed by atoms with Gasteiger partial charge in [-0.05, 0) is 73.4 Å². The number of oxime groups is 1. The van der Waals surface area contributed by atoms with Gasteiger partial charge in [0, 0.05) is 23.9 Å². The molecular weight excluding hydrogens is 441 g/mol. The van der Waals surface area contributed by atoms with Crippen LogP contribution >= 0.6 is 11.3 Å². The van der Waals surface area contributed by atoms with E-state index in [9.17, 15) is 9.50 Å². The summed E-state index contributed by atoms with van der Waals surface area (Å²) >= 11 is 1.63. The van der Waals surface area contributed by atoms with Crippen LogP contribution < -0.4 is 4.74 Å².